The monoisotopic (exact) mass is 469 g/mol. The second kappa shape index (κ2) is 6.71. The first-order valence-electron chi connectivity index (χ1n) is 11.6. The minimum absolute atomic E-state index is 0.0489. The lowest BCUT2D eigenvalue weighted by Gasteiger charge is -2.42. The molecule has 4 aliphatic carbocycles. The molecule has 0 unspecified atom stereocenters. The van der Waals surface area contributed by atoms with Gasteiger partial charge in [0.15, 0.2) is 0 Å². The lowest BCUT2D eigenvalue weighted by Crippen LogP contribution is -2.52. The third-order valence-electron chi connectivity index (χ3n) is 9.33. The molecule has 174 valence electrons. The predicted molar refractivity (Wildman–Crippen MR) is 121 cm³/mol. The fourth-order valence-electron chi connectivity index (χ4n) is 7.83. The first-order valence-corrected chi connectivity index (χ1v) is 12.0. The van der Waals surface area contributed by atoms with Crippen LogP contribution in [0.5, 0.6) is 0 Å². The number of aliphatic hydroxyl groups is 2. The summed E-state index contributed by atoms with van der Waals surface area (Å²) in [4.78, 5) is 26.9. The molecule has 5 aliphatic rings. The summed E-state index contributed by atoms with van der Waals surface area (Å²) >= 11 is 6.11. The zero-order valence-corrected chi connectivity index (χ0v) is 19.3. The van der Waals surface area contributed by atoms with Gasteiger partial charge in [-0.3, -0.25) is 9.59 Å². The Hall–Kier alpha value is -2.15. The number of rotatable bonds is 3. The van der Waals surface area contributed by atoms with Crippen LogP contribution in [0.3, 0.4) is 0 Å². The fraction of sp³-hybridized carbons (Fsp3) is 0.538. The Morgan fingerprint density at radius 3 is 2.94 bits per heavy atom. The lowest BCUT2D eigenvalue weighted by atomic mass is 9.60. The zero-order chi connectivity index (χ0) is 23.3. The van der Waals surface area contributed by atoms with Crippen LogP contribution in [0.15, 0.2) is 48.1 Å². The molecule has 7 heteroatoms. The quantitative estimate of drug-likeness (QED) is 0.467. The van der Waals surface area contributed by atoms with Gasteiger partial charge in [0.05, 0.1) is 11.5 Å². The highest BCUT2D eigenvalue weighted by Crippen LogP contribution is 2.74. The SMILES string of the molecule is C=C1C[C@]23C[C@@]1(O)CC[C@H]2C1=C[C@H]2OC(=O)[C@@](C)([C@H]1[C@@H]3C(=O)NCc1cccc(Cl)c1)[C@H]2O. The number of allylic oxidation sites excluding steroid dienone is 1. The van der Waals surface area contributed by atoms with Crippen LogP contribution >= 0.6 is 11.6 Å². The van der Waals surface area contributed by atoms with E-state index in [1.54, 1.807) is 13.0 Å². The first-order chi connectivity index (χ1) is 15.6. The second-order valence-electron chi connectivity index (χ2n) is 10.9. The van der Waals surface area contributed by atoms with Crippen molar-refractivity contribution in [2.75, 3.05) is 0 Å². The van der Waals surface area contributed by atoms with Crippen molar-refractivity contribution >= 4 is 23.5 Å². The van der Waals surface area contributed by atoms with Gasteiger partial charge in [0, 0.05) is 17.5 Å². The molecule has 4 fully saturated rings. The normalized spacial score (nSPS) is 44.7. The fourth-order valence-corrected chi connectivity index (χ4v) is 8.04. The zero-order valence-electron chi connectivity index (χ0n) is 18.5. The van der Waals surface area contributed by atoms with Crippen LogP contribution in [-0.4, -0.2) is 39.9 Å². The Labute approximate surface area is 197 Å². The number of fused-ring (bicyclic) bond motifs is 6. The van der Waals surface area contributed by atoms with E-state index in [4.69, 9.17) is 16.3 Å². The summed E-state index contributed by atoms with van der Waals surface area (Å²) in [5, 5.41) is 26.0. The van der Waals surface area contributed by atoms with Crippen LogP contribution < -0.4 is 5.32 Å². The summed E-state index contributed by atoms with van der Waals surface area (Å²) in [5.74, 6) is -1.63. The molecule has 1 aromatic carbocycles. The van der Waals surface area contributed by atoms with Crippen LogP contribution in [0.2, 0.25) is 5.02 Å². The highest BCUT2D eigenvalue weighted by Gasteiger charge is 2.75. The van der Waals surface area contributed by atoms with E-state index in [0.717, 1.165) is 23.1 Å². The Morgan fingerprint density at radius 2 is 2.18 bits per heavy atom. The van der Waals surface area contributed by atoms with Gasteiger partial charge in [0.1, 0.15) is 17.6 Å². The summed E-state index contributed by atoms with van der Waals surface area (Å²) in [6.45, 7) is 6.22. The summed E-state index contributed by atoms with van der Waals surface area (Å²) in [6, 6.07) is 7.33. The van der Waals surface area contributed by atoms with Crippen LogP contribution in [0.1, 0.15) is 38.2 Å². The maximum Gasteiger partial charge on any atom is 0.315 e. The first kappa shape index (κ1) is 21.4. The van der Waals surface area contributed by atoms with Gasteiger partial charge in [-0.15, -0.1) is 0 Å². The Balaban J connectivity index is 1.43. The van der Waals surface area contributed by atoms with E-state index < -0.39 is 46.4 Å². The van der Waals surface area contributed by atoms with Gasteiger partial charge in [0.25, 0.3) is 0 Å². The molecule has 6 nitrogen and oxygen atoms in total. The van der Waals surface area contributed by atoms with Gasteiger partial charge >= 0.3 is 5.97 Å². The van der Waals surface area contributed by atoms with Crippen molar-refractivity contribution in [3.8, 4) is 0 Å². The number of nitrogens with one attached hydrogen (secondary N) is 1. The molecule has 33 heavy (non-hydrogen) atoms. The van der Waals surface area contributed by atoms with E-state index in [9.17, 15) is 19.8 Å². The molecule has 3 saturated carbocycles. The molecule has 4 bridgehead atoms. The number of benzene rings is 1. The summed E-state index contributed by atoms with van der Waals surface area (Å²) in [6.07, 6.45) is 2.54. The van der Waals surface area contributed by atoms with Crippen LogP contribution in [0, 0.1) is 28.6 Å². The molecule has 0 aromatic heterocycles. The van der Waals surface area contributed by atoms with Crippen molar-refractivity contribution in [1.29, 1.82) is 0 Å². The molecule has 0 radical (unpaired) electrons. The average Bonchev–Trinajstić information content (AvgIpc) is 3.20. The maximum atomic E-state index is 13.9. The highest BCUT2D eigenvalue weighted by molar-refractivity contribution is 6.30. The summed E-state index contributed by atoms with van der Waals surface area (Å²) in [7, 11) is 0. The van der Waals surface area contributed by atoms with Crippen LogP contribution in [0.25, 0.3) is 0 Å². The molecule has 8 atom stereocenters. The van der Waals surface area contributed by atoms with Crippen molar-refractivity contribution in [1.82, 2.24) is 5.32 Å². The highest BCUT2D eigenvalue weighted by atomic mass is 35.5. The van der Waals surface area contributed by atoms with Gasteiger partial charge in [0.2, 0.25) is 5.91 Å². The molecular weight excluding hydrogens is 442 g/mol. The number of carbonyl (C=O) groups excluding carboxylic acids is 2. The van der Waals surface area contributed by atoms with Gasteiger partial charge in [-0.2, -0.15) is 0 Å². The molecule has 3 N–H and O–H groups in total. The third kappa shape index (κ3) is 2.63. The standard InChI is InChI=1S/C26H28ClNO5/c1-13-10-25-12-26(13,32)7-6-17(25)16-9-18-21(29)24(2,23(31)33-18)19(16)20(25)22(30)28-11-14-4-3-5-15(27)8-14/h3-5,8-9,17-21,29,32H,1,6-7,10-12H2,2H3,(H,28,30)/t17-,18+,19+,20+,21-,24-,25-,26-/m0/s1. The van der Waals surface area contributed by atoms with E-state index in [1.807, 2.05) is 24.3 Å². The molecule has 1 spiro atoms. The predicted octanol–water partition coefficient (Wildman–Crippen LogP) is 2.91. The van der Waals surface area contributed by atoms with Crippen molar-refractivity contribution < 1.29 is 24.5 Å². The Kier molecular flexibility index (Phi) is 4.35. The average molecular weight is 470 g/mol. The molecule has 1 aromatic rings. The minimum atomic E-state index is -1.19. The molecule has 1 aliphatic heterocycles. The van der Waals surface area contributed by atoms with Gasteiger partial charge in [-0.1, -0.05) is 35.9 Å². The van der Waals surface area contributed by atoms with E-state index in [1.165, 1.54) is 0 Å². The van der Waals surface area contributed by atoms with E-state index >= 15 is 0 Å². The van der Waals surface area contributed by atoms with Crippen molar-refractivity contribution in [3.05, 3.63) is 58.7 Å². The van der Waals surface area contributed by atoms with Crippen molar-refractivity contribution in [2.45, 2.75) is 57.0 Å². The van der Waals surface area contributed by atoms with E-state index in [2.05, 4.69) is 11.9 Å². The Bertz CT molecular complexity index is 1130. The Morgan fingerprint density at radius 1 is 1.39 bits per heavy atom. The van der Waals surface area contributed by atoms with Gasteiger partial charge < -0.3 is 20.3 Å². The number of amides is 1. The smallest absolute Gasteiger partial charge is 0.315 e. The molecule has 1 saturated heterocycles. The number of halogens is 1. The van der Waals surface area contributed by atoms with Crippen molar-refractivity contribution in [3.63, 3.8) is 0 Å². The molecule has 1 heterocycles. The third-order valence-corrected chi connectivity index (χ3v) is 9.56. The van der Waals surface area contributed by atoms with Crippen LogP contribution in [0.4, 0.5) is 0 Å². The number of carbonyl (C=O) groups is 2. The number of esters is 1. The second-order valence-corrected chi connectivity index (χ2v) is 11.3. The van der Waals surface area contributed by atoms with Crippen LogP contribution in [-0.2, 0) is 20.9 Å². The lowest BCUT2D eigenvalue weighted by molar-refractivity contribution is -0.151. The summed E-state index contributed by atoms with van der Waals surface area (Å²) in [5.41, 5.74) is 0.00111. The number of ether oxygens (including phenoxy) is 1. The summed E-state index contributed by atoms with van der Waals surface area (Å²) < 4.78 is 5.53. The maximum absolute atomic E-state index is 13.9. The van der Waals surface area contributed by atoms with Gasteiger partial charge in [-0.05, 0) is 73.3 Å². The van der Waals surface area contributed by atoms with Gasteiger partial charge in [-0.25, -0.2) is 0 Å². The number of hydrogen-bond donors (Lipinski definition) is 3. The number of aliphatic hydroxyl groups excluding tert-OH is 1. The topological polar surface area (TPSA) is 95.9 Å². The molecular formula is C26H28ClNO5. The molecule has 1 amide bonds. The van der Waals surface area contributed by atoms with E-state index in [-0.39, 0.29) is 11.8 Å². The van der Waals surface area contributed by atoms with E-state index in [0.29, 0.717) is 30.8 Å². The largest absolute Gasteiger partial charge is 0.455 e. The minimum Gasteiger partial charge on any atom is -0.455 e. The molecule has 6 rings (SSSR count). The van der Waals surface area contributed by atoms with Crippen molar-refractivity contribution in [2.24, 2.45) is 28.6 Å². The number of hydrogen-bond acceptors (Lipinski definition) is 5.